The van der Waals surface area contributed by atoms with Gasteiger partial charge in [0.05, 0.1) is 47.6 Å². The molecular formula is C20H24Cl2N3O+. The van der Waals surface area contributed by atoms with E-state index in [0.717, 1.165) is 53.7 Å². The molecule has 1 aliphatic rings. The summed E-state index contributed by atoms with van der Waals surface area (Å²) in [6, 6.07) is 11.8. The quantitative estimate of drug-likeness (QED) is 0.838. The Hall–Kier alpha value is -1.75. The number of para-hydroxylation sites is 1. The summed E-state index contributed by atoms with van der Waals surface area (Å²) < 4.78 is 0. The van der Waals surface area contributed by atoms with E-state index >= 15 is 0 Å². The van der Waals surface area contributed by atoms with Crippen molar-refractivity contribution in [2.24, 2.45) is 0 Å². The molecule has 0 spiro atoms. The van der Waals surface area contributed by atoms with Crippen LogP contribution in [-0.2, 0) is 4.79 Å². The monoisotopic (exact) mass is 392 g/mol. The number of aryl methyl sites for hydroxylation is 2. The van der Waals surface area contributed by atoms with Gasteiger partial charge < -0.3 is 15.1 Å². The van der Waals surface area contributed by atoms with Crippen molar-refractivity contribution in [3.63, 3.8) is 0 Å². The van der Waals surface area contributed by atoms with Crippen molar-refractivity contribution in [2.45, 2.75) is 13.8 Å². The molecule has 26 heavy (non-hydrogen) atoms. The van der Waals surface area contributed by atoms with E-state index in [-0.39, 0.29) is 5.91 Å². The van der Waals surface area contributed by atoms with Gasteiger partial charge >= 0.3 is 0 Å². The Morgan fingerprint density at radius 1 is 1.12 bits per heavy atom. The van der Waals surface area contributed by atoms with Crippen molar-refractivity contribution in [3.8, 4) is 0 Å². The molecule has 1 saturated heterocycles. The summed E-state index contributed by atoms with van der Waals surface area (Å²) in [5, 5.41) is 4.35. The highest BCUT2D eigenvalue weighted by Gasteiger charge is 2.23. The smallest absolute Gasteiger partial charge is 0.279 e. The molecule has 0 unspecified atom stereocenters. The maximum absolute atomic E-state index is 12.5. The minimum absolute atomic E-state index is 0.0000431. The molecule has 1 fully saturated rings. The Balaban J connectivity index is 1.55. The van der Waals surface area contributed by atoms with E-state index in [1.807, 2.05) is 50.2 Å². The zero-order valence-corrected chi connectivity index (χ0v) is 16.6. The Bertz CT molecular complexity index is 778. The van der Waals surface area contributed by atoms with Crippen LogP contribution < -0.4 is 15.1 Å². The third-order valence-corrected chi connectivity index (χ3v) is 5.39. The number of benzene rings is 2. The van der Waals surface area contributed by atoms with Gasteiger partial charge in [-0.2, -0.15) is 0 Å². The van der Waals surface area contributed by atoms with Crippen LogP contribution >= 0.6 is 23.2 Å². The van der Waals surface area contributed by atoms with Crippen LogP contribution in [0.2, 0.25) is 10.0 Å². The van der Waals surface area contributed by atoms with Crippen LogP contribution in [0.1, 0.15) is 11.1 Å². The third kappa shape index (κ3) is 4.50. The van der Waals surface area contributed by atoms with E-state index in [1.54, 1.807) is 0 Å². The number of hydrogen-bond acceptors (Lipinski definition) is 2. The summed E-state index contributed by atoms with van der Waals surface area (Å²) in [6.07, 6.45) is 0. The maximum Gasteiger partial charge on any atom is 0.279 e. The summed E-state index contributed by atoms with van der Waals surface area (Å²) in [7, 11) is 0. The molecule has 0 aromatic heterocycles. The molecule has 4 nitrogen and oxygen atoms in total. The summed E-state index contributed by atoms with van der Waals surface area (Å²) in [5.74, 6) is 0.0000431. The highest BCUT2D eigenvalue weighted by molar-refractivity contribution is 6.34. The molecule has 0 radical (unpaired) electrons. The molecule has 0 atom stereocenters. The van der Waals surface area contributed by atoms with Gasteiger partial charge in [-0.1, -0.05) is 41.4 Å². The topological polar surface area (TPSA) is 36.8 Å². The largest absolute Gasteiger partial charge is 0.359 e. The molecular weight excluding hydrogens is 369 g/mol. The number of nitrogens with zero attached hydrogens (tertiary/aromatic N) is 1. The fraction of sp³-hybridized carbons (Fsp3) is 0.350. The molecule has 2 aromatic carbocycles. The molecule has 1 heterocycles. The average Bonchev–Trinajstić information content (AvgIpc) is 2.59. The molecule has 2 N–H and O–H groups in total. The molecule has 1 aliphatic heterocycles. The van der Waals surface area contributed by atoms with Crippen molar-refractivity contribution in [1.29, 1.82) is 0 Å². The highest BCUT2D eigenvalue weighted by atomic mass is 35.5. The Labute approximate surface area is 164 Å². The van der Waals surface area contributed by atoms with Crippen molar-refractivity contribution < 1.29 is 9.69 Å². The van der Waals surface area contributed by atoms with Crippen molar-refractivity contribution in [3.05, 3.63) is 57.6 Å². The van der Waals surface area contributed by atoms with Gasteiger partial charge in [0.2, 0.25) is 0 Å². The standard InChI is InChI=1S/C20H23Cl2N3O/c1-14-11-15(2)20(17(22)12-14)23-19(26)13-24-7-9-25(10-8-24)18-6-4-3-5-16(18)21/h3-6,11-12H,7-10,13H2,1-2H3,(H,23,26)/p+1. The average molecular weight is 393 g/mol. The molecule has 138 valence electrons. The molecule has 0 saturated carbocycles. The summed E-state index contributed by atoms with van der Waals surface area (Å²) >= 11 is 12.6. The molecule has 6 heteroatoms. The number of quaternary nitrogens is 1. The Kier molecular flexibility index (Phi) is 6.07. The fourth-order valence-electron chi connectivity index (χ4n) is 3.43. The zero-order valence-electron chi connectivity index (χ0n) is 15.1. The summed E-state index contributed by atoms with van der Waals surface area (Å²) in [4.78, 5) is 16.0. The first kappa shape index (κ1) is 19.0. The lowest BCUT2D eigenvalue weighted by atomic mass is 10.1. The van der Waals surface area contributed by atoms with Crippen molar-refractivity contribution in [1.82, 2.24) is 0 Å². The third-order valence-electron chi connectivity index (χ3n) is 4.77. The normalized spacial score (nSPS) is 15.2. The number of carbonyl (C=O) groups is 1. The van der Waals surface area contributed by atoms with E-state index in [1.165, 1.54) is 4.90 Å². The van der Waals surface area contributed by atoms with Gasteiger partial charge in [-0.05, 0) is 43.2 Å². The van der Waals surface area contributed by atoms with Gasteiger partial charge in [0, 0.05) is 0 Å². The number of hydrogen-bond donors (Lipinski definition) is 2. The van der Waals surface area contributed by atoms with Crippen LogP contribution in [0.25, 0.3) is 0 Å². The first-order chi connectivity index (χ1) is 12.4. The SMILES string of the molecule is Cc1cc(C)c(NC(=O)C[NH+]2CCN(c3ccccc3Cl)CC2)c(Cl)c1. The number of carbonyl (C=O) groups excluding carboxylic acids is 1. The fourth-order valence-corrected chi connectivity index (χ4v) is 4.06. The second-order valence-electron chi connectivity index (χ2n) is 6.85. The van der Waals surface area contributed by atoms with Gasteiger partial charge in [0.15, 0.2) is 6.54 Å². The van der Waals surface area contributed by atoms with E-state index in [2.05, 4.69) is 10.2 Å². The number of anilines is 2. The van der Waals surface area contributed by atoms with Crippen molar-refractivity contribution in [2.75, 3.05) is 42.9 Å². The minimum atomic E-state index is 0.0000431. The van der Waals surface area contributed by atoms with Crippen LogP contribution in [0.15, 0.2) is 36.4 Å². The molecule has 3 rings (SSSR count). The van der Waals surface area contributed by atoms with E-state index in [4.69, 9.17) is 23.2 Å². The maximum atomic E-state index is 12.5. The number of amides is 1. The first-order valence-corrected chi connectivity index (χ1v) is 9.59. The minimum Gasteiger partial charge on any atom is -0.359 e. The van der Waals surface area contributed by atoms with Crippen LogP contribution in [0.4, 0.5) is 11.4 Å². The van der Waals surface area contributed by atoms with E-state index in [9.17, 15) is 4.79 Å². The summed E-state index contributed by atoms with van der Waals surface area (Å²) in [6.45, 7) is 7.97. The van der Waals surface area contributed by atoms with Crippen LogP contribution in [-0.4, -0.2) is 38.6 Å². The molecule has 0 bridgehead atoms. The second-order valence-corrected chi connectivity index (χ2v) is 7.67. The first-order valence-electron chi connectivity index (χ1n) is 8.83. The number of piperazine rings is 1. The predicted octanol–water partition coefficient (Wildman–Crippen LogP) is 2.95. The van der Waals surface area contributed by atoms with Gasteiger partial charge in [0.25, 0.3) is 5.91 Å². The van der Waals surface area contributed by atoms with Crippen molar-refractivity contribution >= 4 is 40.5 Å². The lowest BCUT2D eigenvalue weighted by Crippen LogP contribution is -3.15. The highest BCUT2D eigenvalue weighted by Crippen LogP contribution is 2.27. The van der Waals surface area contributed by atoms with Gasteiger partial charge in [0.1, 0.15) is 0 Å². The number of halogens is 2. The molecule has 2 aromatic rings. The Morgan fingerprint density at radius 3 is 2.46 bits per heavy atom. The lowest BCUT2D eigenvalue weighted by molar-refractivity contribution is -0.892. The number of rotatable bonds is 4. The van der Waals surface area contributed by atoms with E-state index in [0.29, 0.717) is 11.6 Å². The van der Waals surface area contributed by atoms with Gasteiger partial charge in [-0.25, -0.2) is 0 Å². The molecule has 1 amide bonds. The van der Waals surface area contributed by atoms with Gasteiger partial charge in [-0.15, -0.1) is 0 Å². The zero-order chi connectivity index (χ0) is 18.7. The van der Waals surface area contributed by atoms with Gasteiger partial charge in [-0.3, -0.25) is 4.79 Å². The van der Waals surface area contributed by atoms with Crippen LogP contribution in [0.3, 0.4) is 0 Å². The number of nitrogens with one attached hydrogen (secondary N) is 2. The second kappa shape index (κ2) is 8.30. The van der Waals surface area contributed by atoms with Crippen LogP contribution in [0.5, 0.6) is 0 Å². The van der Waals surface area contributed by atoms with Crippen LogP contribution in [0, 0.1) is 13.8 Å². The Morgan fingerprint density at radius 2 is 1.81 bits per heavy atom. The summed E-state index contributed by atoms with van der Waals surface area (Å²) in [5.41, 5.74) is 3.87. The lowest BCUT2D eigenvalue weighted by Gasteiger charge is -2.33. The van der Waals surface area contributed by atoms with E-state index < -0.39 is 0 Å². The molecule has 0 aliphatic carbocycles. The predicted molar refractivity (Wildman–Crippen MR) is 109 cm³/mol.